The molecule has 0 radical (unpaired) electrons. The number of halogens is 1. The van der Waals surface area contributed by atoms with Crippen LogP contribution in [-0.2, 0) is 0 Å². The van der Waals surface area contributed by atoms with Crippen LogP contribution < -0.4 is 15.8 Å². The molecule has 0 heterocycles. The Hall–Kier alpha value is -1.23. The fourth-order valence-electron chi connectivity index (χ4n) is 0.972. The number of hydrogen-bond acceptors (Lipinski definition) is 2. The van der Waals surface area contributed by atoms with E-state index >= 15 is 0 Å². The topological polar surface area (TPSA) is 59.6 Å². The second-order valence-electron chi connectivity index (χ2n) is 2.58. The minimum atomic E-state index is 0.349. The molecule has 14 heavy (non-hydrogen) atoms. The summed E-state index contributed by atoms with van der Waals surface area (Å²) in [4.78, 5) is 3.80. The van der Waals surface area contributed by atoms with Crippen molar-refractivity contribution in [2.75, 3.05) is 19.5 Å². The van der Waals surface area contributed by atoms with Crippen molar-refractivity contribution in [2.24, 2.45) is 10.7 Å². The van der Waals surface area contributed by atoms with Gasteiger partial charge in [-0.15, -0.1) is 0 Å². The Kier molecular flexibility index (Phi) is 3.76. The lowest BCUT2D eigenvalue weighted by Gasteiger charge is -2.10. The maximum atomic E-state index is 5.55. The second-order valence-corrected chi connectivity index (χ2v) is 3.49. The first-order valence-corrected chi connectivity index (χ1v) is 4.79. The van der Waals surface area contributed by atoms with Gasteiger partial charge in [0, 0.05) is 11.5 Å². The third-order valence-electron chi connectivity index (χ3n) is 1.67. The number of hydrogen-bond donors (Lipinski definition) is 2. The van der Waals surface area contributed by atoms with Gasteiger partial charge in [-0.1, -0.05) is 15.9 Å². The zero-order valence-corrected chi connectivity index (χ0v) is 9.63. The number of benzene rings is 1. The zero-order valence-electron chi connectivity index (χ0n) is 8.04. The van der Waals surface area contributed by atoms with Crippen LogP contribution in [0.15, 0.2) is 27.7 Å². The molecule has 0 saturated heterocycles. The largest absolute Gasteiger partial charge is 0.495 e. The minimum Gasteiger partial charge on any atom is -0.495 e. The van der Waals surface area contributed by atoms with E-state index in [2.05, 4.69) is 26.2 Å². The molecular weight excluding hydrogens is 246 g/mol. The van der Waals surface area contributed by atoms with Crippen molar-refractivity contribution in [3.63, 3.8) is 0 Å². The lowest BCUT2D eigenvalue weighted by atomic mass is 10.3. The molecule has 0 aliphatic heterocycles. The maximum absolute atomic E-state index is 5.55. The van der Waals surface area contributed by atoms with Gasteiger partial charge in [0.05, 0.1) is 12.8 Å². The van der Waals surface area contributed by atoms with Gasteiger partial charge in [0.2, 0.25) is 0 Å². The molecule has 0 aliphatic carbocycles. The van der Waals surface area contributed by atoms with E-state index in [-0.39, 0.29) is 0 Å². The van der Waals surface area contributed by atoms with Crippen LogP contribution in [0.5, 0.6) is 5.75 Å². The van der Waals surface area contributed by atoms with Gasteiger partial charge >= 0.3 is 0 Å². The minimum absolute atomic E-state index is 0.349. The van der Waals surface area contributed by atoms with Gasteiger partial charge in [0.15, 0.2) is 5.96 Å². The second kappa shape index (κ2) is 4.85. The molecule has 0 unspecified atom stereocenters. The van der Waals surface area contributed by atoms with E-state index in [0.29, 0.717) is 5.96 Å². The van der Waals surface area contributed by atoms with Gasteiger partial charge < -0.3 is 15.8 Å². The van der Waals surface area contributed by atoms with Crippen molar-refractivity contribution in [3.8, 4) is 5.75 Å². The summed E-state index contributed by atoms with van der Waals surface area (Å²) in [5.74, 6) is 1.07. The number of guanidine groups is 1. The van der Waals surface area contributed by atoms with Gasteiger partial charge in [0.25, 0.3) is 0 Å². The first kappa shape index (κ1) is 10.8. The summed E-state index contributed by atoms with van der Waals surface area (Å²) >= 11 is 3.36. The monoisotopic (exact) mass is 257 g/mol. The van der Waals surface area contributed by atoms with Gasteiger partial charge in [0.1, 0.15) is 5.75 Å². The van der Waals surface area contributed by atoms with E-state index in [1.54, 1.807) is 14.2 Å². The molecule has 5 heteroatoms. The van der Waals surface area contributed by atoms with Crippen LogP contribution >= 0.6 is 15.9 Å². The van der Waals surface area contributed by atoms with E-state index in [9.17, 15) is 0 Å². The Balaban J connectivity index is 2.99. The summed E-state index contributed by atoms with van der Waals surface area (Å²) in [6.45, 7) is 0. The van der Waals surface area contributed by atoms with Crippen LogP contribution in [0, 0.1) is 0 Å². The van der Waals surface area contributed by atoms with Crippen molar-refractivity contribution in [1.82, 2.24) is 0 Å². The van der Waals surface area contributed by atoms with Crippen LogP contribution in [0.3, 0.4) is 0 Å². The number of nitrogens with one attached hydrogen (secondary N) is 1. The fraction of sp³-hybridized carbons (Fsp3) is 0.222. The van der Waals surface area contributed by atoms with E-state index < -0.39 is 0 Å². The quantitative estimate of drug-likeness (QED) is 0.628. The number of aliphatic imine (C=N–C) groups is 1. The fourth-order valence-corrected chi connectivity index (χ4v) is 1.33. The van der Waals surface area contributed by atoms with E-state index in [1.807, 2.05) is 18.2 Å². The van der Waals surface area contributed by atoms with Crippen molar-refractivity contribution < 1.29 is 4.74 Å². The first-order chi connectivity index (χ1) is 6.67. The molecule has 0 fully saturated rings. The van der Waals surface area contributed by atoms with Gasteiger partial charge in [-0.05, 0) is 18.2 Å². The summed E-state index contributed by atoms with van der Waals surface area (Å²) in [6, 6.07) is 5.61. The smallest absolute Gasteiger partial charge is 0.192 e. The third kappa shape index (κ3) is 2.63. The maximum Gasteiger partial charge on any atom is 0.192 e. The normalized spacial score (nSPS) is 11.2. The Labute approximate surface area is 91.3 Å². The molecule has 76 valence electrons. The number of methoxy groups -OCH3 is 1. The van der Waals surface area contributed by atoms with Crippen LogP contribution in [0.2, 0.25) is 0 Å². The molecule has 0 atom stereocenters. The summed E-state index contributed by atoms with van der Waals surface area (Å²) in [5.41, 5.74) is 6.33. The number of nitrogens with two attached hydrogens (primary N) is 1. The molecule has 0 aliphatic rings. The van der Waals surface area contributed by atoms with Crippen molar-refractivity contribution >= 4 is 27.6 Å². The van der Waals surface area contributed by atoms with Crippen molar-refractivity contribution in [3.05, 3.63) is 22.7 Å². The van der Waals surface area contributed by atoms with Crippen molar-refractivity contribution in [2.45, 2.75) is 0 Å². The molecular formula is C9H12BrN3O. The van der Waals surface area contributed by atoms with E-state index in [4.69, 9.17) is 10.5 Å². The Morgan fingerprint density at radius 1 is 1.57 bits per heavy atom. The molecule has 0 bridgehead atoms. The molecule has 0 spiro atoms. The van der Waals surface area contributed by atoms with Gasteiger partial charge in [-0.3, -0.25) is 4.99 Å². The lowest BCUT2D eigenvalue weighted by molar-refractivity contribution is 0.417. The predicted molar refractivity (Wildman–Crippen MR) is 61.9 cm³/mol. The van der Waals surface area contributed by atoms with E-state index in [1.165, 1.54) is 0 Å². The third-order valence-corrected chi connectivity index (χ3v) is 2.16. The first-order valence-electron chi connectivity index (χ1n) is 4.00. The van der Waals surface area contributed by atoms with Crippen LogP contribution in [-0.4, -0.2) is 20.1 Å². The van der Waals surface area contributed by atoms with Crippen molar-refractivity contribution in [1.29, 1.82) is 0 Å². The number of ether oxygens (including phenoxy) is 1. The number of anilines is 1. The van der Waals surface area contributed by atoms with Gasteiger partial charge in [-0.2, -0.15) is 0 Å². The molecule has 0 amide bonds. The van der Waals surface area contributed by atoms with Crippen LogP contribution in [0.4, 0.5) is 5.69 Å². The Morgan fingerprint density at radius 3 is 2.86 bits per heavy atom. The van der Waals surface area contributed by atoms with Gasteiger partial charge in [-0.25, -0.2) is 0 Å². The average Bonchev–Trinajstić information content (AvgIpc) is 2.18. The Morgan fingerprint density at radius 2 is 2.29 bits per heavy atom. The molecule has 1 rings (SSSR count). The molecule has 1 aromatic rings. The molecule has 4 nitrogen and oxygen atoms in total. The summed E-state index contributed by atoms with van der Waals surface area (Å²) in [5, 5.41) is 2.92. The zero-order chi connectivity index (χ0) is 10.6. The standard InChI is InChI=1S/C9H12BrN3O/c1-12-9(11)13-7-5-6(10)3-4-8(7)14-2/h3-5H,1-2H3,(H3,11,12,13). The highest BCUT2D eigenvalue weighted by atomic mass is 79.9. The molecule has 3 N–H and O–H groups in total. The number of nitrogens with zero attached hydrogens (tertiary/aromatic N) is 1. The highest BCUT2D eigenvalue weighted by molar-refractivity contribution is 9.10. The van der Waals surface area contributed by atoms with Crippen LogP contribution in [0.1, 0.15) is 0 Å². The van der Waals surface area contributed by atoms with E-state index in [0.717, 1.165) is 15.9 Å². The Bertz CT molecular complexity index is 352. The highest BCUT2D eigenvalue weighted by Crippen LogP contribution is 2.27. The lowest BCUT2D eigenvalue weighted by Crippen LogP contribution is -2.22. The summed E-state index contributed by atoms with van der Waals surface area (Å²) < 4.78 is 6.10. The molecule has 1 aromatic carbocycles. The highest BCUT2D eigenvalue weighted by Gasteiger charge is 2.03. The average molecular weight is 258 g/mol. The summed E-state index contributed by atoms with van der Waals surface area (Å²) in [6.07, 6.45) is 0. The predicted octanol–water partition coefficient (Wildman–Crippen LogP) is 1.81. The number of rotatable bonds is 2. The van der Waals surface area contributed by atoms with Crippen LogP contribution in [0.25, 0.3) is 0 Å². The summed E-state index contributed by atoms with van der Waals surface area (Å²) in [7, 11) is 3.22. The SMILES string of the molecule is CN=C(N)Nc1cc(Br)ccc1OC. The molecule has 0 saturated carbocycles. The molecule has 0 aromatic heterocycles.